The topological polar surface area (TPSA) is 111 Å². The lowest BCUT2D eigenvalue weighted by Crippen LogP contribution is -2.34. The van der Waals surface area contributed by atoms with Gasteiger partial charge in [-0.2, -0.15) is 5.10 Å². The van der Waals surface area contributed by atoms with Gasteiger partial charge in [-0.15, -0.1) is 0 Å². The lowest BCUT2D eigenvalue weighted by atomic mass is 9.85. The van der Waals surface area contributed by atoms with Gasteiger partial charge in [0.2, 0.25) is 11.8 Å². The third-order valence-electron chi connectivity index (χ3n) is 4.67. The summed E-state index contributed by atoms with van der Waals surface area (Å²) in [6, 6.07) is 7.17. The van der Waals surface area contributed by atoms with E-state index in [4.69, 9.17) is 10.5 Å². The highest BCUT2D eigenvalue weighted by atomic mass is 16.5. The monoisotopic (exact) mass is 371 g/mol. The van der Waals surface area contributed by atoms with Gasteiger partial charge in [-0.1, -0.05) is 6.42 Å². The summed E-state index contributed by atoms with van der Waals surface area (Å²) in [6.07, 6.45) is 6.72. The highest BCUT2D eigenvalue weighted by Gasteiger charge is 2.25. The van der Waals surface area contributed by atoms with Crippen molar-refractivity contribution in [3.8, 4) is 5.75 Å². The van der Waals surface area contributed by atoms with Crippen molar-refractivity contribution in [1.82, 2.24) is 9.78 Å². The van der Waals surface area contributed by atoms with E-state index in [0.29, 0.717) is 17.8 Å². The van der Waals surface area contributed by atoms with E-state index in [-0.39, 0.29) is 30.3 Å². The van der Waals surface area contributed by atoms with Crippen molar-refractivity contribution in [1.29, 1.82) is 0 Å². The minimum absolute atomic E-state index is 0.0348. The van der Waals surface area contributed by atoms with Gasteiger partial charge in [0.25, 0.3) is 0 Å². The number of hydrogen-bond acceptors (Lipinski definition) is 5. The predicted octanol–water partition coefficient (Wildman–Crippen LogP) is 1.99. The van der Waals surface area contributed by atoms with Gasteiger partial charge < -0.3 is 21.1 Å². The smallest absolute Gasteiger partial charge is 0.246 e. The van der Waals surface area contributed by atoms with Crippen molar-refractivity contribution in [3.05, 3.63) is 36.7 Å². The molecular weight excluding hydrogens is 346 g/mol. The zero-order chi connectivity index (χ0) is 19.2. The summed E-state index contributed by atoms with van der Waals surface area (Å²) in [7, 11) is 1.59. The molecular formula is C19H25N5O3. The third kappa shape index (κ3) is 5.30. The van der Waals surface area contributed by atoms with Crippen LogP contribution in [-0.2, 0) is 16.1 Å². The molecule has 0 bridgehead atoms. The second kappa shape index (κ2) is 8.68. The second-order valence-electron chi connectivity index (χ2n) is 6.82. The van der Waals surface area contributed by atoms with Gasteiger partial charge in [0, 0.05) is 23.8 Å². The quantitative estimate of drug-likeness (QED) is 0.719. The van der Waals surface area contributed by atoms with Crippen LogP contribution in [0, 0.1) is 5.92 Å². The molecule has 1 aromatic heterocycles. The van der Waals surface area contributed by atoms with Crippen LogP contribution in [0.4, 0.5) is 11.4 Å². The predicted molar refractivity (Wildman–Crippen MR) is 102 cm³/mol. The summed E-state index contributed by atoms with van der Waals surface area (Å²) < 4.78 is 6.57. The van der Waals surface area contributed by atoms with E-state index in [0.717, 1.165) is 25.0 Å². The van der Waals surface area contributed by atoms with Crippen molar-refractivity contribution in [2.45, 2.75) is 38.3 Å². The molecule has 2 atom stereocenters. The molecule has 1 aliphatic rings. The van der Waals surface area contributed by atoms with E-state index in [2.05, 4.69) is 15.7 Å². The number of rotatable bonds is 6. The van der Waals surface area contributed by atoms with E-state index in [9.17, 15) is 9.59 Å². The Kier molecular flexibility index (Phi) is 6.08. The van der Waals surface area contributed by atoms with Gasteiger partial charge in [-0.3, -0.25) is 14.3 Å². The molecule has 1 fully saturated rings. The minimum Gasteiger partial charge on any atom is -0.497 e. The first-order valence-corrected chi connectivity index (χ1v) is 9.06. The first-order valence-electron chi connectivity index (χ1n) is 9.06. The van der Waals surface area contributed by atoms with E-state index in [1.165, 1.54) is 4.68 Å². The van der Waals surface area contributed by atoms with Crippen LogP contribution in [0.5, 0.6) is 5.75 Å². The molecule has 144 valence electrons. The second-order valence-corrected chi connectivity index (χ2v) is 6.82. The number of nitrogens with zero attached hydrogens (tertiary/aromatic N) is 2. The Morgan fingerprint density at radius 2 is 2.00 bits per heavy atom. The lowest BCUT2D eigenvalue weighted by molar-refractivity contribution is -0.121. The summed E-state index contributed by atoms with van der Waals surface area (Å²) in [5.74, 6) is 0.418. The molecule has 2 unspecified atom stereocenters. The molecule has 8 heteroatoms. The SMILES string of the molecule is COc1ccc(NC(=O)Cn2cc(NC(=O)C3CCCC(N)C3)cn2)cc1. The van der Waals surface area contributed by atoms with Crippen LogP contribution in [0.2, 0.25) is 0 Å². The Morgan fingerprint density at radius 3 is 2.70 bits per heavy atom. The molecule has 0 spiro atoms. The highest BCUT2D eigenvalue weighted by molar-refractivity contribution is 5.93. The normalized spacial score (nSPS) is 19.3. The van der Waals surface area contributed by atoms with Crippen LogP contribution in [0.1, 0.15) is 25.7 Å². The van der Waals surface area contributed by atoms with E-state index >= 15 is 0 Å². The number of carbonyl (C=O) groups is 2. The fraction of sp³-hybridized carbons (Fsp3) is 0.421. The van der Waals surface area contributed by atoms with E-state index < -0.39 is 0 Å². The largest absolute Gasteiger partial charge is 0.497 e. The Morgan fingerprint density at radius 1 is 1.22 bits per heavy atom. The number of methoxy groups -OCH3 is 1. The summed E-state index contributed by atoms with van der Waals surface area (Å²) in [6.45, 7) is 0.0518. The number of benzene rings is 1. The van der Waals surface area contributed by atoms with Crippen molar-refractivity contribution in [2.75, 3.05) is 17.7 Å². The van der Waals surface area contributed by atoms with Crippen LogP contribution >= 0.6 is 0 Å². The fourth-order valence-corrected chi connectivity index (χ4v) is 3.25. The van der Waals surface area contributed by atoms with Gasteiger partial charge in [0.05, 0.1) is 19.0 Å². The average molecular weight is 371 g/mol. The number of nitrogens with two attached hydrogens (primary N) is 1. The van der Waals surface area contributed by atoms with Crippen LogP contribution in [0.25, 0.3) is 0 Å². The molecule has 4 N–H and O–H groups in total. The summed E-state index contributed by atoms with van der Waals surface area (Å²) in [5.41, 5.74) is 7.20. The Hall–Kier alpha value is -2.87. The van der Waals surface area contributed by atoms with Gasteiger partial charge in [0.15, 0.2) is 0 Å². The molecule has 3 rings (SSSR count). The lowest BCUT2D eigenvalue weighted by Gasteiger charge is -2.25. The number of amides is 2. The maximum Gasteiger partial charge on any atom is 0.246 e. The molecule has 1 saturated carbocycles. The molecule has 27 heavy (non-hydrogen) atoms. The standard InChI is InChI=1S/C19H25N5O3/c1-27-17-7-5-15(6-8-17)22-18(25)12-24-11-16(10-21-24)23-19(26)13-3-2-4-14(20)9-13/h5-8,10-11,13-14H,2-4,9,12,20H2,1H3,(H,22,25)(H,23,26). The number of hydrogen-bond donors (Lipinski definition) is 3. The zero-order valence-electron chi connectivity index (χ0n) is 15.4. The van der Waals surface area contributed by atoms with Crippen LogP contribution in [-0.4, -0.2) is 34.7 Å². The van der Waals surface area contributed by atoms with Crippen LogP contribution < -0.4 is 21.1 Å². The van der Waals surface area contributed by atoms with E-state index in [1.807, 2.05) is 0 Å². The maximum atomic E-state index is 12.3. The van der Waals surface area contributed by atoms with Gasteiger partial charge >= 0.3 is 0 Å². The molecule has 1 heterocycles. The molecule has 1 aliphatic carbocycles. The van der Waals surface area contributed by atoms with Gasteiger partial charge in [-0.25, -0.2) is 0 Å². The number of ether oxygens (including phenoxy) is 1. The Bertz CT molecular complexity index is 787. The fourth-order valence-electron chi connectivity index (χ4n) is 3.25. The van der Waals surface area contributed by atoms with Crippen molar-refractivity contribution < 1.29 is 14.3 Å². The average Bonchev–Trinajstić information content (AvgIpc) is 3.09. The van der Waals surface area contributed by atoms with Crippen molar-refractivity contribution in [3.63, 3.8) is 0 Å². The summed E-state index contributed by atoms with van der Waals surface area (Å²) in [4.78, 5) is 24.5. The molecule has 0 aliphatic heterocycles. The molecule has 0 radical (unpaired) electrons. The Labute approximate surface area is 158 Å². The van der Waals surface area contributed by atoms with Gasteiger partial charge in [0.1, 0.15) is 12.3 Å². The van der Waals surface area contributed by atoms with Crippen LogP contribution in [0.15, 0.2) is 36.7 Å². The van der Waals surface area contributed by atoms with Crippen molar-refractivity contribution in [2.24, 2.45) is 11.7 Å². The Balaban J connectivity index is 1.50. The molecule has 2 aromatic rings. The molecule has 2 amide bonds. The molecule has 8 nitrogen and oxygen atoms in total. The minimum atomic E-state index is -0.209. The highest BCUT2D eigenvalue weighted by Crippen LogP contribution is 2.24. The first-order chi connectivity index (χ1) is 13.0. The summed E-state index contributed by atoms with van der Waals surface area (Å²) >= 11 is 0. The number of aromatic nitrogens is 2. The molecule has 1 aromatic carbocycles. The van der Waals surface area contributed by atoms with E-state index in [1.54, 1.807) is 43.8 Å². The first kappa shape index (κ1) is 18.9. The summed E-state index contributed by atoms with van der Waals surface area (Å²) in [5, 5.41) is 9.79. The number of carbonyl (C=O) groups excluding carboxylic acids is 2. The third-order valence-corrected chi connectivity index (χ3v) is 4.67. The zero-order valence-corrected chi connectivity index (χ0v) is 15.4. The maximum absolute atomic E-state index is 12.3. The number of anilines is 2. The van der Waals surface area contributed by atoms with Gasteiger partial charge in [-0.05, 0) is 43.5 Å². The van der Waals surface area contributed by atoms with Crippen LogP contribution in [0.3, 0.4) is 0 Å². The molecule has 0 saturated heterocycles. The van der Waals surface area contributed by atoms with Crippen molar-refractivity contribution >= 4 is 23.2 Å². The number of nitrogens with one attached hydrogen (secondary N) is 2.